The van der Waals surface area contributed by atoms with Crippen molar-refractivity contribution < 1.29 is 9.53 Å². The summed E-state index contributed by atoms with van der Waals surface area (Å²) in [6, 6.07) is 21.0. The van der Waals surface area contributed by atoms with Gasteiger partial charge in [-0.05, 0) is 36.2 Å². The molecule has 3 aromatic rings. The molecular weight excluding hydrogens is 314 g/mol. The number of hydrogen-bond donors (Lipinski definition) is 1. The van der Waals surface area contributed by atoms with Crippen LogP contribution in [0, 0.1) is 0 Å². The van der Waals surface area contributed by atoms with Gasteiger partial charge in [0.1, 0.15) is 5.75 Å². The predicted molar refractivity (Wildman–Crippen MR) is 96.5 cm³/mol. The number of benzene rings is 2. The first-order valence-electron chi connectivity index (χ1n) is 8.06. The van der Waals surface area contributed by atoms with Crippen molar-refractivity contribution in [1.29, 1.82) is 0 Å². The number of nitrogens with one attached hydrogen (secondary N) is 1. The smallest absolute Gasteiger partial charge is 0.271 e. The molecule has 0 atom stereocenters. The van der Waals surface area contributed by atoms with Gasteiger partial charge in [0.25, 0.3) is 5.91 Å². The Labute approximate surface area is 146 Å². The third-order valence-electron chi connectivity index (χ3n) is 3.83. The zero-order valence-corrected chi connectivity index (χ0v) is 14.0. The van der Waals surface area contributed by atoms with Crippen LogP contribution >= 0.6 is 0 Å². The van der Waals surface area contributed by atoms with E-state index in [9.17, 15) is 4.79 Å². The minimum absolute atomic E-state index is 0.222. The molecule has 1 heterocycles. The van der Waals surface area contributed by atoms with Crippen LogP contribution in [-0.4, -0.2) is 29.8 Å². The monoisotopic (exact) mass is 333 g/mol. The zero-order valence-electron chi connectivity index (χ0n) is 14.0. The van der Waals surface area contributed by atoms with Gasteiger partial charge in [0, 0.05) is 12.1 Å². The lowest BCUT2D eigenvalue weighted by atomic mass is 10.1. The van der Waals surface area contributed by atoms with Crippen LogP contribution in [0.3, 0.4) is 0 Å². The fraction of sp³-hybridized carbons (Fsp3) is 0.150. The quantitative estimate of drug-likeness (QED) is 0.753. The molecule has 2 aromatic carbocycles. The van der Waals surface area contributed by atoms with Gasteiger partial charge in [-0.3, -0.25) is 4.79 Å². The van der Waals surface area contributed by atoms with Gasteiger partial charge >= 0.3 is 0 Å². The van der Waals surface area contributed by atoms with Crippen molar-refractivity contribution in [3.05, 3.63) is 78.0 Å². The number of methoxy groups -OCH3 is 1. The topological polar surface area (TPSA) is 64.1 Å². The first-order chi connectivity index (χ1) is 12.3. The van der Waals surface area contributed by atoms with Gasteiger partial charge in [-0.2, -0.15) is 0 Å². The van der Waals surface area contributed by atoms with E-state index in [0.29, 0.717) is 12.2 Å². The van der Waals surface area contributed by atoms with Crippen molar-refractivity contribution in [3.63, 3.8) is 0 Å². The highest BCUT2D eigenvalue weighted by Crippen LogP contribution is 2.15. The number of hydrogen-bond acceptors (Lipinski definition) is 4. The second kappa shape index (κ2) is 8.06. The predicted octanol–water partition coefficient (Wildman–Crippen LogP) is 3.12. The zero-order chi connectivity index (χ0) is 17.5. The van der Waals surface area contributed by atoms with Gasteiger partial charge in [0.15, 0.2) is 5.69 Å². The van der Waals surface area contributed by atoms with Crippen LogP contribution in [0.4, 0.5) is 0 Å². The highest BCUT2D eigenvalue weighted by Gasteiger charge is 2.08. The average molecular weight is 333 g/mol. The van der Waals surface area contributed by atoms with Crippen LogP contribution < -0.4 is 10.1 Å². The third kappa shape index (κ3) is 4.41. The maximum atomic E-state index is 12.1. The lowest BCUT2D eigenvalue weighted by Gasteiger charge is -2.06. The second-order valence-electron chi connectivity index (χ2n) is 5.52. The van der Waals surface area contributed by atoms with E-state index in [1.54, 1.807) is 19.2 Å². The molecule has 0 saturated heterocycles. The molecule has 5 nitrogen and oxygen atoms in total. The average Bonchev–Trinajstić information content (AvgIpc) is 2.69. The molecule has 0 unspecified atom stereocenters. The van der Waals surface area contributed by atoms with Crippen LogP contribution in [0.5, 0.6) is 5.75 Å². The maximum Gasteiger partial charge on any atom is 0.271 e. The van der Waals surface area contributed by atoms with Gasteiger partial charge in [-0.1, -0.05) is 42.5 Å². The molecule has 0 spiro atoms. The van der Waals surface area contributed by atoms with Crippen LogP contribution in [-0.2, 0) is 6.42 Å². The second-order valence-corrected chi connectivity index (χ2v) is 5.52. The molecule has 1 amide bonds. The first kappa shape index (κ1) is 16.6. The number of aromatic nitrogens is 2. The van der Waals surface area contributed by atoms with Crippen molar-refractivity contribution in [2.24, 2.45) is 0 Å². The van der Waals surface area contributed by atoms with Crippen molar-refractivity contribution >= 4 is 5.91 Å². The van der Waals surface area contributed by atoms with Gasteiger partial charge < -0.3 is 10.1 Å². The number of carbonyl (C=O) groups is 1. The number of amides is 1. The summed E-state index contributed by atoms with van der Waals surface area (Å²) in [7, 11) is 1.64. The number of ether oxygens (including phenoxy) is 1. The normalized spacial score (nSPS) is 10.3. The third-order valence-corrected chi connectivity index (χ3v) is 3.83. The van der Waals surface area contributed by atoms with E-state index in [1.807, 2.05) is 54.6 Å². The van der Waals surface area contributed by atoms with Gasteiger partial charge in [-0.15, -0.1) is 10.2 Å². The van der Waals surface area contributed by atoms with E-state index >= 15 is 0 Å². The summed E-state index contributed by atoms with van der Waals surface area (Å²) in [5.74, 6) is 0.599. The van der Waals surface area contributed by atoms with Gasteiger partial charge in [0.2, 0.25) is 0 Å². The lowest BCUT2D eigenvalue weighted by molar-refractivity contribution is 0.0948. The Morgan fingerprint density at radius 3 is 2.36 bits per heavy atom. The molecule has 25 heavy (non-hydrogen) atoms. The highest BCUT2D eigenvalue weighted by atomic mass is 16.5. The fourth-order valence-corrected chi connectivity index (χ4v) is 2.42. The van der Waals surface area contributed by atoms with Crippen molar-refractivity contribution in [3.8, 4) is 17.0 Å². The number of carbonyl (C=O) groups excluding carboxylic acids is 1. The van der Waals surface area contributed by atoms with Crippen LogP contribution in [0.25, 0.3) is 11.3 Å². The summed E-state index contributed by atoms with van der Waals surface area (Å²) < 4.78 is 5.13. The molecule has 3 rings (SSSR count). The summed E-state index contributed by atoms with van der Waals surface area (Å²) in [6.45, 7) is 0.535. The van der Waals surface area contributed by atoms with Crippen LogP contribution in [0.1, 0.15) is 16.1 Å². The number of nitrogens with zero attached hydrogens (tertiary/aromatic N) is 2. The molecule has 126 valence electrons. The lowest BCUT2D eigenvalue weighted by Crippen LogP contribution is -2.26. The Balaban J connectivity index is 1.54. The molecule has 5 heteroatoms. The first-order valence-corrected chi connectivity index (χ1v) is 8.06. The van der Waals surface area contributed by atoms with Crippen molar-refractivity contribution in [1.82, 2.24) is 15.5 Å². The Kier molecular flexibility index (Phi) is 5.36. The molecule has 0 radical (unpaired) electrons. The summed E-state index contributed by atoms with van der Waals surface area (Å²) in [5.41, 5.74) is 3.16. The van der Waals surface area contributed by atoms with E-state index in [1.165, 1.54) is 0 Å². The molecule has 0 fully saturated rings. The molecular formula is C20H19N3O2. The summed E-state index contributed by atoms with van der Waals surface area (Å²) in [6.07, 6.45) is 0.741. The minimum atomic E-state index is -0.222. The van der Waals surface area contributed by atoms with E-state index in [2.05, 4.69) is 15.5 Å². The largest absolute Gasteiger partial charge is 0.497 e. The van der Waals surface area contributed by atoms with E-state index in [-0.39, 0.29) is 5.91 Å². The fourth-order valence-electron chi connectivity index (χ4n) is 2.42. The molecule has 0 aliphatic rings. The number of rotatable bonds is 6. The SMILES string of the molecule is COc1ccc(CCNC(=O)c2ccc(-c3ccccc3)nn2)cc1. The van der Waals surface area contributed by atoms with E-state index in [0.717, 1.165) is 29.0 Å². The molecule has 1 N–H and O–H groups in total. The van der Waals surface area contributed by atoms with E-state index in [4.69, 9.17) is 4.74 Å². The van der Waals surface area contributed by atoms with Gasteiger partial charge in [0.05, 0.1) is 12.8 Å². The summed E-state index contributed by atoms with van der Waals surface area (Å²) in [5, 5.41) is 11.0. The standard InChI is InChI=1S/C20H19N3O2/c1-25-17-9-7-15(8-10-17)13-14-21-20(24)19-12-11-18(22-23-19)16-5-3-2-4-6-16/h2-12H,13-14H2,1H3,(H,21,24). The summed E-state index contributed by atoms with van der Waals surface area (Å²) >= 11 is 0. The van der Waals surface area contributed by atoms with Gasteiger partial charge in [-0.25, -0.2) is 0 Å². The molecule has 0 bridgehead atoms. The van der Waals surface area contributed by atoms with Crippen molar-refractivity contribution in [2.75, 3.05) is 13.7 Å². The Hall–Kier alpha value is -3.21. The molecule has 0 aliphatic heterocycles. The van der Waals surface area contributed by atoms with Crippen molar-refractivity contribution in [2.45, 2.75) is 6.42 Å². The van der Waals surface area contributed by atoms with E-state index < -0.39 is 0 Å². The minimum Gasteiger partial charge on any atom is -0.497 e. The molecule has 0 saturated carbocycles. The Morgan fingerprint density at radius 2 is 1.72 bits per heavy atom. The Bertz CT molecular complexity index is 816. The maximum absolute atomic E-state index is 12.1. The molecule has 1 aromatic heterocycles. The summed E-state index contributed by atoms with van der Waals surface area (Å²) in [4.78, 5) is 12.1. The highest BCUT2D eigenvalue weighted by molar-refractivity contribution is 5.92. The Morgan fingerprint density at radius 1 is 0.960 bits per heavy atom. The van der Waals surface area contributed by atoms with Crippen LogP contribution in [0.15, 0.2) is 66.7 Å². The van der Waals surface area contributed by atoms with Crippen LogP contribution in [0.2, 0.25) is 0 Å². The molecule has 0 aliphatic carbocycles.